The molecule has 0 spiro atoms. The quantitative estimate of drug-likeness (QED) is 0.0878. The van der Waals surface area contributed by atoms with Crippen LogP contribution in [0.1, 0.15) is 33.4 Å². The molecular weight excluding hydrogens is 668 g/mol. The molecule has 0 radical (unpaired) electrons. The molecule has 0 fully saturated rings. The third kappa shape index (κ3) is 7.52. The lowest BCUT2D eigenvalue weighted by Gasteiger charge is -2.19. The Morgan fingerprint density at radius 1 is 0.952 bits per heavy atom. The molecule has 0 aliphatic heterocycles. The van der Waals surface area contributed by atoms with Crippen LogP contribution in [0.4, 0.5) is 13.2 Å². The summed E-state index contributed by atoms with van der Waals surface area (Å²) in [7, 11) is -1.50. The minimum Gasteiger partial charge on any atom is -0.457 e. The second-order valence-electron chi connectivity index (χ2n) is 10.9. The van der Waals surface area contributed by atoms with Crippen molar-refractivity contribution in [2.45, 2.75) is 43.7 Å². The van der Waals surface area contributed by atoms with Crippen molar-refractivity contribution in [2.75, 3.05) is 0 Å². The average Bonchev–Trinajstić information content (AvgIpc) is 2.94. The van der Waals surface area contributed by atoms with Crippen molar-refractivity contribution in [3.8, 4) is 40.3 Å². The fourth-order valence-electron chi connectivity index (χ4n) is 4.26. The van der Waals surface area contributed by atoms with E-state index in [1.807, 2.05) is 49.4 Å². The van der Waals surface area contributed by atoms with E-state index >= 15 is 0 Å². The summed E-state index contributed by atoms with van der Waals surface area (Å²) in [6.07, 6.45) is -4.87. The largest absolute Gasteiger partial charge is 0.457 e. The SMILES string of the molecule is Cc1cc(CI)ccc1Cn1c(-c2ccc(Oc3ccc(C#C[Si](C)(C)C)cc3)cc2)cc(C(F)(F)F)c(C#N)c1=O. The molecule has 0 aliphatic rings. The lowest BCUT2D eigenvalue weighted by molar-refractivity contribution is -0.137. The van der Waals surface area contributed by atoms with Gasteiger partial charge in [-0.05, 0) is 83.8 Å². The average molecular weight is 697 g/mol. The molecule has 0 atom stereocenters. The van der Waals surface area contributed by atoms with Gasteiger partial charge >= 0.3 is 6.18 Å². The fourth-order valence-corrected chi connectivity index (χ4v) is 5.25. The maximum absolute atomic E-state index is 13.9. The summed E-state index contributed by atoms with van der Waals surface area (Å²) < 4.78 is 49.8. The minimum atomic E-state index is -4.87. The Labute approximate surface area is 257 Å². The molecule has 214 valence electrons. The summed E-state index contributed by atoms with van der Waals surface area (Å²) in [5.41, 5.74) is 4.25. The Hall–Kier alpha value is -3.80. The van der Waals surface area contributed by atoms with Gasteiger partial charge in [0, 0.05) is 9.99 Å². The van der Waals surface area contributed by atoms with Crippen LogP contribution < -0.4 is 10.3 Å². The van der Waals surface area contributed by atoms with Gasteiger partial charge in [-0.1, -0.05) is 66.4 Å². The normalized spacial score (nSPS) is 11.4. The molecule has 4 nitrogen and oxygen atoms in total. The molecule has 0 aliphatic carbocycles. The molecule has 3 aromatic carbocycles. The predicted octanol–water partition coefficient (Wildman–Crippen LogP) is 8.72. The van der Waals surface area contributed by atoms with Gasteiger partial charge in [0.15, 0.2) is 0 Å². The van der Waals surface area contributed by atoms with E-state index in [9.17, 15) is 23.2 Å². The van der Waals surface area contributed by atoms with E-state index in [0.717, 1.165) is 32.7 Å². The first-order valence-electron chi connectivity index (χ1n) is 13.1. The number of ether oxygens (including phenoxy) is 1. The van der Waals surface area contributed by atoms with Crippen LogP contribution in [0.25, 0.3) is 11.3 Å². The second kappa shape index (κ2) is 12.6. The van der Waals surface area contributed by atoms with Crippen LogP contribution in [0.5, 0.6) is 11.5 Å². The number of nitrogens with zero attached hydrogens (tertiary/aromatic N) is 2. The highest BCUT2D eigenvalue weighted by atomic mass is 127. The van der Waals surface area contributed by atoms with Crippen molar-refractivity contribution in [2.24, 2.45) is 0 Å². The van der Waals surface area contributed by atoms with Gasteiger partial charge in [-0.2, -0.15) is 18.4 Å². The molecule has 1 aromatic heterocycles. The molecule has 0 saturated carbocycles. The van der Waals surface area contributed by atoms with Gasteiger partial charge in [-0.15, -0.1) is 5.54 Å². The van der Waals surface area contributed by atoms with Crippen LogP contribution in [-0.4, -0.2) is 12.6 Å². The Kier molecular flexibility index (Phi) is 9.34. The highest BCUT2D eigenvalue weighted by Gasteiger charge is 2.36. The first kappa shape index (κ1) is 31.1. The van der Waals surface area contributed by atoms with Crippen LogP contribution in [0.3, 0.4) is 0 Å². The van der Waals surface area contributed by atoms with E-state index in [1.54, 1.807) is 24.3 Å². The molecule has 42 heavy (non-hydrogen) atoms. The van der Waals surface area contributed by atoms with Crippen molar-refractivity contribution in [3.05, 3.63) is 117 Å². The number of nitriles is 1. The molecule has 4 rings (SSSR count). The van der Waals surface area contributed by atoms with E-state index in [-0.39, 0.29) is 12.2 Å². The zero-order chi connectivity index (χ0) is 30.7. The Morgan fingerprint density at radius 2 is 1.57 bits per heavy atom. The number of aryl methyl sites for hydroxylation is 1. The first-order chi connectivity index (χ1) is 19.8. The van der Waals surface area contributed by atoms with Crippen molar-refractivity contribution < 1.29 is 17.9 Å². The van der Waals surface area contributed by atoms with Gasteiger partial charge in [0.25, 0.3) is 5.56 Å². The zero-order valence-corrected chi connectivity index (χ0v) is 26.7. The molecule has 0 N–H and O–H groups in total. The topological polar surface area (TPSA) is 55.0 Å². The number of rotatable bonds is 6. The number of aromatic nitrogens is 1. The Bertz CT molecular complexity index is 1770. The molecular formula is C33H28F3IN2O2Si. The van der Waals surface area contributed by atoms with E-state index in [4.69, 9.17) is 4.74 Å². The van der Waals surface area contributed by atoms with Crippen LogP contribution >= 0.6 is 22.6 Å². The van der Waals surface area contributed by atoms with Gasteiger partial charge in [0.1, 0.15) is 31.2 Å². The molecule has 0 saturated heterocycles. The predicted molar refractivity (Wildman–Crippen MR) is 171 cm³/mol. The number of hydrogen-bond acceptors (Lipinski definition) is 3. The highest BCUT2D eigenvalue weighted by Crippen LogP contribution is 2.34. The van der Waals surface area contributed by atoms with Crippen molar-refractivity contribution >= 4 is 30.7 Å². The number of benzene rings is 3. The molecule has 0 unspecified atom stereocenters. The van der Waals surface area contributed by atoms with Gasteiger partial charge in [0.2, 0.25) is 0 Å². The maximum Gasteiger partial charge on any atom is 0.417 e. The first-order valence-corrected chi connectivity index (χ1v) is 18.1. The summed E-state index contributed by atoms with van der Waals surface area (Å²) in [4.78, 5) is 13.3. The van der Waals surface area contributed by atoms with Crippen LogP contribution in [-0.2, 0) is 17.1 Å². The highest BCUT2D eigenvalue weighted by molar-refractivity contribution is 14.1. The van der Waals surface area contributed by atoms with E-state index in [2.05, 4.69) is 53.7 Å². The molecule has 0 amide bonds. The summed E-state index contributed by atoms with van der Waals surface area (Å²) in [6.45, 7) is 8.43. The van der Waals surface area contributed by atoms with Crippen LogP contribution in [0, 0.1) is 29.7 Å². The van der Waals surface area contributed by atoms with Crippen LogP contribution in [0.2, 0.25) is 19.6 Å². The maximum atomic E-state index is 13.9. The van der Waals surface area contributed by atoms with E-state index < -0.39 is 30.9 Å². The third-order valence-corrected chi connectivity index (χ3v) is 8.18. The number of pyridine rings is 1. The Balaban J connectivity index is 1.71. The lowest BCUT2D eigenvalue weighted by atomic mass is 10.0. The monoisotopic (exact) mass is 696 g/mol. The van der Waals surface area contributed by atoms with Crippen molar-refractivity contribution in [3.63, 3.8) is 0 Å². The summed E-state index contributed by atoms with van der Waals surface area (Å²) in [6, 6.07) is 22.0. The number of alkyl halides is 4. The van der Waals surface area contributed by atoms with Crippen LogP contribution in [0.15, 0.2) is 77.6 Å². The van der Waals surface area contributed by atoms with Gasteiger partial charge in [-0.3, -0.25) is 4.79 Å². The number of hydrogen-bond donors (Lipinski definition) is 0. The minimum absolute atomic E-state index is 0.0134. The summed E-state index contributed by atoms with van der Waals surface area (Å²) in [5.74, 6) is 4.25. The Morgan fingerprint density at radius 3 is 2.10 bits per heavy atom. The van der Waals surface area contributed by atoms with Gasteiger partial charge < -0.3 is 9.30 Å². The zero-order valence-electron chi connectivity index (χ0n) is 23.6. The van der Waals surface area contributed by atoms with E-state index in [1.165, 1.54) is 10.6 Å². The van der Waals surface area contributed by atoms with Crippen molar-refractivity contribution in [1.82, 2.24) is 4.57 Å². The summed E-state index contributed by atoms with van der Waals surface area (Å²) in [5, 5.41) is 9.51. The molecule has 1 heterocycles. The third-order valence-electron chi connectivity index (χ3n) is 6.43. The van der Waals surface area contributed by atoms with Gasteiger partial charge in [0.05, 0.1) is 17.8 Å². The van der Waals surface area contributed by atoms with E-state index in [0.29, 0.717) is 17.1 Å². The lowest BCUT2D eigenvalue weighted by Crippen LogP contribution is -2.29. The smallest absolute Gasteiger partial charge is 0.417 e. The second-order valence-corrected chi connectivity index (χ2v) is 16.4. The standard InChI is InChI=1S/C33H28F3IN2O2Si/c1-22-17-24(19-37)5-8-26(22)21-39-31(18-30(33(34,35)36)29(20-38)32(39)40)25-9-13-28(14-10-25)41-27-11-6-23(7-12-27)15-16-42(2,3)4/h5-14,17-18H,19,21H2,1-4H3. The molecule has 4 aromatic rings. The van der Waals surface area contributed by atoms with Crippen molar-refractivity contribution in [1.29, 1.82) is 5.26 Å². The summed E-state index contributed by atoms with van der Waals surface area (Å²) >= 11 is 2.25. The fraction of sp³-hybridized carbons (Fsp3) is 0.212. The number of halogens is 4. The molecule has 0 bridgehead atoms. The van der Waals surface area contributed by atoms with Gasteiger partial charge in [-0.25, -0.2) is 0 Å². The molecule has 9 heteroatoms.